The Labute approximate surface area is 135 Å². The van der Waals surface area contributed by atoms with Gasteiger partial charge in [-0.3, -0.25) is 4.98 Å². The summed E-state index contributed by atoms with van der Waals surface area (Å²) in [6.07, 6.45) is -1.34. The van der Waals surface area contributed by atoms with Crippen LogP contribution in [0.4, 0.5) is 13.2 Å². The zero-order valence-electron chi connectivity index (χ0n) is 12.4. The lowest BCUT2D eigenvalue weighted by molar-refractivity contribution is -0.137. The normalized spacial score (nSPS) is 11.3. The van der Waals surface area contributed by atoms with E-state index in [0.717, 1.165) is 12.1 Å². The van der Waals surface area contributed by atoms with Gasteiger partial charge in [0.05, 0.1) is 5.56 Å². The van der Waals surface area contributed by atoms with E-state index < -0.39 is 11.7 Å². The molecule has 0 radical (unpaired) electrons. The number of pyridine rings is 1. The monoisotopic (exact) mass is 332 g/mol. The van der Waals surface area contributed by atoms with Crippen molar-refractivity contribution in [2.75, 3.05) is 0 Å². The number of aromatic nitrogens is 4. The molecule has 3 aromatic rings. The van der Waals surface area contributed by atoms with Gasteiger partial charge in [-0.25, -0.2) is 0 Å². The topological polar surface area (TPSA) is 60.8 Å². The average molecular weight is 332 g/mol. The van der Waals surface area contributed by atoms with Crippen LogP contribution in [0.5, 0.6) is 11.6 Å². The van der Waals surface area contributed by atoms with Crippen LogP contribution in [-0.4, -0.2) is 20.2 Å². The van der Waals surface area contributed by atoms with Crippen molar-refractivity contribution in [3.05, 3.63) is 60.0 Å². The Morgan fingerprint density at radius 2 is 1.75 bits per heavy atom. The lowest BCUT2D eigenvalue weighted by Crippen LogP contribution is -2.05. The number of benzene rings is 1. The Morgan fingerprint density at radius 1 is 1.00 bits per heavy atom. The van der Waals surface area contributed by atoms with Crippen LogP contribution < -0.4 is 4.74 Å². The summed E-state index contributed by atoms with van der Waals surface area (Å²) in [4.78, 5) is 8.05. The number of alkyl halides is 3. The van der Waals surface area contributed by atoms with Gasteiger partial charge < -0.3 is 4.74 Å². The van der Waals surface area contributed by atoms with Gasteiger partial charge >= 0.3 is 6.18 Å². The number of rotatable bonds is 3. The zero-order valence-corrected chi connectivity index (χ0v) is 12.4. The quantitative estimate of drug-likeness (QED) is 0.724. The van der Waals surface area contributed by atoms with Crippen LogP contribution in [0.3, 0.4) is 0 Å². The Hall–Kier alpha value is -3.03. The smallest absolute Gasteiger partial charge is 0.416 e. The summed E-state index contributed by atoms with van der Waals surface area (Å²) in [5.41, 5.74) is -0.153. The number of hydrogen-bond acceptors (Lipinski definition) is 5. The fraction of sp³-hybridized carbons (Fsp3) is 0.125. The molecule has 24 heavy (non-hydrogen) atoms. The molecule has 0 saturated carbocycles. The van der Waals surface area contributed by atoms with Gasteiger partial charge in [0.15, 0.2) is 5.82 Å². The molecular formula is C16H11F3N4O. The molecule has 2 aromatic heterocycles. The van der Waals surface area contributed by atoms with Gasteiger partial charge in [0.2, 0.25) is 5.88 Å². The van der Waals surface area contributed by atoms with Crippen molar-refractivity contribution in [1.29, 1.82) is 0 Å². The standard InChI is InChI=1S/C16H11F3N4O/c1-10-15(24-13-5-7-20-8-6-13)21-14(23-22-10)11-3-2-4-12(9-11)16(17,18)19/h2-9H,1H3. The molecule has 0 aliphatic rings. The Kier molecular flexibility index (Phi) is 4.11. The van der Waals surface area contributed by atoms with Crippen LogP contribution in [0, 0.1) is 6.92 Å². The van der Waals surface area contributed by atoms with Gasteiger partial charge in [-0.15, -0.1) is 10.2 Å². The summed E-state index contributed by atoms with van der Waals surface area (Å²) < 4.78 is 44.1. The number of aryl methyl sites for hydroxylation is 1. The molecule has 0 bridgehead atoms. The van der Waals surface area contributed by atoms with Crippen LogP contribution in [-0.2, 0) is 6.18 Å². The molecule has 122 valence electrons. The lowest BCUT2D eigenvalue weighted by atomic mass is 10.1. The minimum Gasteiger partial charge on any atom is -0.437 e. The van der Waals surface area contributed by atoms with Gasteiger partial charge in [0.1, 0.15) is 11.4 Å². The maximum atomic E-state index is 12.8. The summed E-state index contributed by atoms with van der Waals surface area (Å²) in [7, 11) is 0. The van der Waals surface area contributed by atoms with Gasteiger partial charge in [-0.2, -0.15) is 18.2 Å². The maximum absolute atomic E-state index is 12.8. The molecule has 0 saturated heterocycles. The second-order valence-corrected chi connectivity index (χ2v) is 4.89. The Bertz CT molecular complexity index is 853. The van der Waals surface area contributed by atoms with Crippen molar-refractivity contribution >= 4 is 0 Å². The van der Waals surface area contributed by atoms with E-state index >= 15 is 0 Å². The zero-order chi connectivity index (χ0) is 17.2. The number of ether oxygens (including phenoxy) is 1. The molecule has 0 unspecified atom stereocenters. The van der Waals surface area contributed by atoms with Gasteiger partial charge in [-0.05, 0) is 31.2 Å². The minimum atomic E-state index is -4.44. The third-order valence-electron chi connectivity index (χ3n) is 3.12. The first-order valence-electron chi connectivity index (χ1n) is 6.90. The first kappa shape index (κ1) is 15.9. The molecule has 1 aromatic carbocycles. The van der Waals surface area contributed by atoms with Gasteiger partial charge in [0, 0.05) is 18.0 Å². The van der Waals surface area contributed by atoms with Crippen molar-refractivity contribution < 1.29 is 17.9 Å². The second kappa shape index (κ2) is 6.23. The molecule has 0 aliphatic carbocycles. The molecule has 2 heterocycles. The van der Waals surface area contributed by atoms with E-state index in [0.29, 0.717) is 11.4 Å². The molecule has 0 fully saturated rings. The summed E-state index contributed by atoms with van der Waals surface area (Å²) in [5, 5.41) is 7.76. The Balaban J connectivity index is 1.97. The van der Waals surface area contributed by atoms with Crippen LogP contribution in [0.1, 0.15) is 11.3 Å². The predicted molar refractivity (Wildman–Crippen MR) is 79.3 cm³/mol. The van der Waals surface area contributed by atoms with E-state index in [9.17, 15) is 13.2 Å². The van der Waals surface area contributed by atoms with E-state index in [-0.39, 0.29) is 17.3 Å². The van der Waals surface area contributed by atoms with Crippen molar-refractivity contribution in [1.82, 2.24) is 20.2 Å². The first-order valence-corrected chi connectivity index (χ1v) is 6.90. The Morgan fingerprint density at radius 3 is 2.46 bits per heavy atom. The van der Waals surface area contributed by atoms with Gasteiger partial charge in [0.25, 0.3) is 0 Å². The van der Waals surface area contributed by atoms with E-state index in [2.05, 4.69) is 20.2 Å². The second-order valence-electron chi connectivity index (χ2n) is 4.89. The van der Waals surface area contributed by atoms with E-state index in [4.69, 9.17) is 4.74 Å². The highest BCUT2D eigenvalue weighted by Crippen LogP contribution is 2.32. The predicted octanol–water partition coefficient (Wildman–Crippen LogP) is 4.05. The lowest BCUT2D eigenvalue weighted by Gasteiger charge is -2.10. The highest BCUT2D eigenvalue weighted by molar-refractivity contribution is 5.56. The number of halogens is 3. The van der Waals surface area contributed by atoms with Crippen molar-refractivity contribution in [2.45, 2.75) is 13.1 Å². The van der Waals surface area contributed by atoms with Crippen molar-refractivity contribution in [2.24, 2.45) is 0 Å². The molecule has 3 rings (SSSR count). The number of hydrogen-bond donors (Lipinski definition) is 0. The fourth-order valence-corrected chi connectivity index (χ4v) is 1.94. The molecule has 0 spiro atoms. The first-order chi connectivity index (χ1) is 11.4. The third-order valence-corrected chi connectivity index (χ3v) is 3.12. The molecular weight excluding hydrogens is 321 g/mol. The van der Waals surface area contributed by atoms with Crippen LogP contribution in [0.2, 0.25) is 0 Å². The van der Waals surface area contributed by atoms with Crippen molar-refractivity contribution in [3.63, 3.8) is 0 Å². The summed E-state index contributed by atoms with van der Waals surface area (Å²) in [6, 6.07) is 8.00. The molecule has 0 atom stereocenters. The largest absolute Gasteiger partial charge is 0.437 e. The maximum Gasteiger partial charge on any atom is 0.416 e. The van der Waals surface area contributed by atoms with Gasteiger partial charge in [-0.1, -0.05) is 12.1 Å². The van der Waals surface area contributed by atoms with Crippen LogP contribution in [0.15, 0.2) is 48.8 Å². The highest BCUT2D eigenvalue weighted by atomic mass is 19.4. The summed E-state index contributed by atoms with van der Waals surface area (Å²) in [6.45, 7) is 1.65. The fourth-order valence-electron chi connectivity index (χ4n) is 1.94. The minimum absolute atomic E-state index is 0.0516. The molecule has 0 amide bonds. The highest BCUT2D eigenvalue weighted by Gasteiger charge is 2.30. The van der Waals surface area contributed by atoms with E-state index in [1.807, 2.05) is 0 Å². The summed E-state index contributed by atoms with van der Waals surface area (Å²) >= 11 is 0. The van der Waals surface area contributed by atoms with Crippen LogP contribution in [0.25, 0.3) is 11.4 Å². The summed E-state index contributed by atoms with van der Waals surface area (Å²) in [5.74, 6) is 0.711. The van der Waals surface area contributed by atoms with Crippen LogP contribution >= 0.6 is 0 Å². The molecule has 0 aliphatic heterocycles. The molecule has 0 N–H and O–H groups in total. The van der Waals surface area contributed by atoms with E-state index in [1.54, 1.807) is 31.5 Å². The number of nitrogens with zero attached hydrogens (tertiary/aromatic N) is 4. The SMILES string of the molecule is Cc1nnc(-c2cccc(C(F)(F)F)c2)nc1Oc1ccncc1. The third kappa shape index (κ3) is 3.48. The van der Waals surface area contributed by atoms with Crippen molar-refractivity contribution in [3.8, 4) is 23.0 Å². The molecule has 8 heteroatoms. The average Bonchev–Trinajstić information content (AvgIpc) is 2.57. The van der Waals surface area contributed by atoms with E-state index in [1.165, 1.54) is 12.1 Å². The molecule has 5 nitrogen and oxygen atoms in total.